The molecule has 0 radical (unpaired) electrons. The lowest BCUT2D eigenvalue weighted by Crippen LogP contribution is -2.36. The molecule has 0 heterocycles. The molecule has 0 bridgehead atoms. The van der Waals surface area contributed by atoms with Gasteiger partial charge in [0.25, 0.3) is 5.91 Å². The fourth-order valence-electron chi connectivity index (χ4n) is 1.71. The average molecular weight is 305 g/mol. The lowest BCUT2D eigenvalue weighted by atomic mass is 10.1. The summed E-state index contributed by atoms with van der Waals surface area (Å²) in [5, 5.41) is 8.76. The van der Waals surface area contributed by atoms with Crippen molar-refractivity contribution < 1.29 is 32.6 Å². The van der Waals surface area contributed by atoms with Gasteiger partial charge in [-0.15, -0.1) is 13.2 Å². The summed E-state index contributed by atoms with van der Waals surface area (Å²) in [5.74, 6) is -2.72. The number of carbonyl (C=O) groups excluding carboxylic acids is 1. The van der Waals surface area contributed by atoms with Crippen LogP contribution in [0, 0.1) is 0 Å². The first-order valence-corrected chi connectivity index (χ1v) is 6.10. The van der Waals surface area contributed by atoms with Gasteiger partial charge in [-0.2, -0.15) is 0 Å². The number of para-hydroxylation sites is 1. The van der Waals surface area contributed by atoms with E-state index in [0.717, 1.165) is 17.0 Å². The van der Waals surface area contributed by atoms with Crippen LogP contribution in [-0.2, 0) is 4.79 Å². The number of carbonyl (C=O) groups is 2. The molecule has 116 valence electrons. The van der Waals surface area contributed by atoms with Gasteiger partial charge in [-0.1, -0.05) is 19.1 Å². The number of hydrogen-bond acceptors (Lipinski definition) is 3. The third kappa shape index (κ3) is 5.33. The number of hydrogen-bond donors (Lipinski definition) is 1. The molecule has 0 saturated carbocycles. The molecule has 0 fully saturated rings. The first kappa shape index (κ1) is 16.8. The second-order valence-corrected chi connectivity index (χ2v) is 4.16. The predicted octanol–water partition coefficient (Wildman–Crippen LogP) is 2.52. The summed E-state index contributed by atoms with van der Waals surface area (Å²) in [6.45, 7) is 1.25. The highest BCUT2D eigenvalue weighted by molar-refractivity contribution is 5.98. The number of rotatable bonds is 6. The number of ether oxygens (including phenoxy) is 1. The molecule has 8 heteroatoms. The van der Waals surface area contributed by atoms with Crippen molar-refractivity contribution >= 4 is 11.9 Å². The third-order valence-corrected chi connectivity index (χ3v) is 2.45. The normalized spacial score (nSPS) is 11.0. The number of amides is 1. The topological polar surface area (TPSA) is 66.8 Å². The molecule has 0 aliphatic rings. The zero-order valence-corrected chi connectivity index (χ0v) is 11.2. The largest absolute Gasteiger partial charge is 0.573 e. The highest BCUT2D eigenvalue weighted by atomic mass is 19.4. The number of carboxylic acids is 1. The van der Waals surface area contributed by atoms with Crippen LogP contribution in [0.3, 0.4) is 0 Å². The molecular formula is C13H14F3NO4. The van der Waals surface area contributed by atoms with E-state index in [-0.39, 0.29) is 12.1 Å². The van der Waals surface area contributed by atoms with Crippen LogP contribution in [0.15, 0.2) is 24.3 Å². The lowest BCUT2D eigenvalue weighted by molar-refractivity contribution is -0.274. The Bertz CT molecular complexity index is 516. The molecule has 0 aromatic heterocycles. The Morgan fingerprint density at radius 1 is 1.29 bits per heavy atom. The second-order valence-electron chi connectivity index (χ2n) is 4.16. The monoisotopic (exact) mass is 305 g/mol. The summed E-state index contributed by atoms with van der Waals surface area (Å²) in [7, 11) is 0. The van der Waals surface area contributed by atoms with Gasteiger partial charge in [-0.25, -0.2) is 0 Å². The highest BCUT2D eigenvalue weighted by Crippen LogP contribution is 2.27. The molecule has 0 unspecified atom stereocenters. The number of nitrogens with zero attached hydrogens (tertiary/aromatic N) is 1. The minimum atomic E-state index is -4.93. The standard InChI is InChI=1S/C13H14F3NO4/c1-2-7-17(8-11(18)19)12(20)9-5-3-4-6-10(9)21-13(14,15)16/h3-6H,2,7-8H2,1H3,(H,18,19). The van der Waals surface area contributed by atoms with E-state index in [2.05, 4.69) is 4.74 Å². The Kier molecular flexibility index (Phi) is 5.57. The van der Waals surface area contributed by atoms with E-state index in [1.807, 2.05) is 0 Å². The Balaban J connectivity index is 3.07. The van der Waals surface area contributed by atoms with Crippen LogP contribution >= 0.6 is 0 Å². The summed E-state index contributed by atoms with van der Waals surface area (Å²) in [5.41, 5.74) is -0.329. The molecule has 1 amide bonds. The van der Waals surface area contributed by atoms with Crippen LogP contribution in [0.1, 0.15) is 23.7 Å². The Morgan fingerprint density at radius 3 is 2.43 bits per heavy atom. The van der Waals surface area contributed by atoms with Crippen LogP contribution < -0.4 is 4.74 Å². The summed E-state index contributed by atoms with van der Waals surface area (Å²) in [6.07, 6.45) is -4.46. The van der Waals surface area contributed by atoms with Crippen molar-refractivity contribution in [1.29, 1.82) is 0 Å². The fraction of sp³-hybridized carbons (Fsp3) is 0.385. The van der Waals surface area contributed by atoms with E-state index < -0.39 is 30.5 Å². The van der Waals surface area contributed by atoms with Crippen molar-refractivity contribution in [3.63, 3.8) is 0 Å². The van der Waals surface area contributed by atoms with Crippen LogP contribution in [0.2, 0.25) is 0 Å². The molecule has 0 aliphatic carbocycles. The van der Waals surface area contributed by atoms with Gasteiger partial charge in [-0.05, 0) is 18.6 Å². The maximum Gasteiger partial charge on any atom is 0.573 e. The molecule has 0 saturated heterocycles. The van der Waals surface area contributed by atoms with Crippen LogP contribution in [0.25, 0.3) is 0 Å². The summed E-state index contributed by atoms with van der Waals surface area (Å²) in [6, 6.07) is 4.83. The van der Waals surface area contributed by atoms with Crippen molar-refractivity contribution in [3.05, 3.63) is 29.8 Å². The first-order valence-electron chi connectivity index (χ1n) is 6.10. The van der Waals surface area contributed by atoms with Gasteiger partial charge in [-0.3, -0.25) is 9.59 Å². The Labute approximate surface area is 118 Å². The van der Waals surface area contributed by atoms with E-state index in [4.69, 9.17) is 5.11 Å². The van der Waals surface area contributed by atoms with E-state index in [1.165, 1.54) is 12.1 Å². The molecule has 1 aromatic carbocycles. The van der Waals surface area contributed by atoms with Gasteiger partial charge in [0.1, 0.15) is 12.3 Å². The van der Waals surface area contributed by atoms with Crippen molar-refractivity contribution in [2.45, 2.75) is 19.7 Å². The molecule has 1 aromatic rings. The fourth-order valence-corrected chi connectivity index (χ4v) is 1.71. The maximum atomic E-state index is 12.3. The van der Waals surface area contributed by atoms with Crippen LogP contribution in [0.4, 0.5) is 13.2 Å². The van der Waals surface area contributed by atoms with E-state index in [9.17, 15) is 22.8 Å². The highest BCUT2D eigenvalue weighted by Gasteiger charge is 2.33. The molecular weight excluding hydrogens is 291 g/mol. The Hall–Kier alpha value is -2.25. The number of carboxylic acid groups (broad SMARTS) is 1. The van der Waals surface area contributed by atoms with Crippen molar-refractivity contribution in [2.75, 3.05) is 13.1 Å². The average Bonchev–Trinajstić information content (AvgIpc) is 2.35. The number of benzene rings is 1. The van der Waals surface area contributed by atoms with Gasteiger partial charge < -0.3 is 14.7 Å². The number of alkyl halides is 3. The molecule has 1 rings (SSSR count). The molecule has 5 nitrogen and oxygen atoms in total. The molecule has 1 N–H and O–H groups in total. The molecule has 0 spiro atoms. The van der Waals surface area contributed by atoms with Crippen molar-refractivity contribution in [2.24, 2.45) is 0 Å². The minimum Gasteiger partial charge on any atom is -0.480 e. The smallest absolute Gasteiger partial charge is 0.480 e. The van der Waals surface area contributed by atoms with Gasteiger partial charge >= 0.3 is 12.3 Å². The van der Waals surface area contributed by atoms with Crippen molar-refractivity contribution in [3.8, 4) is 5.75 Å². The summed E-state index contributed by atoms with van der Waals surface area (Å²) in [4.78, 5) is 23.9. The summed E-state index contributed by atoms with van der Waals surface area (Å²) < 4.78 is 40.7. The van der Waals surface area contributed by atoms with Gasteiger partial charge in [0, 0.05) is 6.54 Å². The SMILES string of the molecule is CCCN(CC(=O)O)C(=O)c1ccccc1OC(F)(F)F. The zero-order chi connectivity index (χ0) is 16.0. The van der Waals surface area contributed by atoms with Gasteiger partial charge in [0.15, 0.2) is 0 Å². The number of halogens is 3. The zero-order valence-electron chi connectivity index (χ0n) is 11.2. The van der Waals surface area contributed by atoms with Gasteiger partial charge in [0.05, 0.1) is 5.56 Å². The summed E-state index contributed by atoms with van der Waals surface area (Å²) >= 11 is 0. The Morgan fingerprint density at radius 2 is 1.90 bits per heavy atom. The van der Waals surface area contributed by atoms with Crippen molar-refractivity contribution in [1.82, 2.24) is 4.90 Å². The first-order chi connectivity index (χ1) is 9.74. The van der Waals surface area contributed by atoms with Gasteiger partial charge in [0.2, 0.25) is 0 Å². The van der Waals surface area contributed by atoms with E-state index in [1.54, 1.807) is 6.92 Å². The lowest BCUT2D eigenvalue weighted by Gasteiger charge is -2.21. The third-order valence-electron chi connectivity index (χ3n) is 2.45. The number of aliphatic carboxylic acids is 1. The minimum absolute atomic E-state index is 0.117. The van der Waals surface area contributed by atoms with E-state index >= 15 is 0 Å². The van der Waals surface area contributed by atoms with Crippen LogP contribution in [-0.4, -0.2) is 41.3 Å². The van der Waals surface area contributed by atoms with E-state index in [0.29, 0.717) is 6.42 Å². The second kappa shape index (κ2) is 6.96. The molecule has 0 aliphatic heterocycles. The van der Waals surface area contributed by atoms with Crippen LogP contribution in [0.5, 0.6) is 5.75 Å². The molecule has 21 heavy (non-hydrogen) atoms. The maximum absolute atomic E-state index is 12.3. The quantitative estimate of drug-likeness (QED) is 0.877. The molecule has 0 atom stereocenters. The predicted molar refractivity (Wildman–Crippen MR) is 67.0 cm³/mol.